The first-order valence-electron chi connectivity index (χ1n) is 40.2. The molecule has 0 aliphatic heterocycles. The van der Waals surface area contributed by atoms with Gasteiger partial charge in [-0.1, -0.05) is 370 Å². The molecule has 0 atom stereocenters. The third-order valence-corrected chi connectivity index (χ3v) is 22.6. The van der Waals surface area contributed by atoms with Crippen LogP contribution in [0.5, 0.6) is 0 Å². The molecule has 6 heterocycles. The quantitative estimate of drug-likeness (QED) is 0.103. The van der Waals surface area contributed by atoms with E-state index in [4.69, 9.17) is 48.7 Å². The van der Waals surface area contributed by atoms with Crippen LogP contribution >= 0.6 is 0 Å². The summed E-state index contributed by atoms with van der Waals surface area (Å²) >= 11 is 0. The maximum absolute atomic E-state index is 6.61. The largest absolute Gasteiger partial charge is 0.456 e. The second kappa shape index (κ2) is 30.1. The molecule has 23 aromatic rings. The monoisotopic (exact) mass is 1530 g/mol. The lowest BCUT2D eigenvalue weighted by Crippen LogP contribution is -2.00. The molecule has 17 aromatic carbocycles. The highest BCUT2D eigenvalue weighted by Crippen LogP contribution is 2.49. The highest BCUT2D eigenvalue weighted by molar-refractivity contribution is 6.29. The lowest BCUT2D eigenvalue weighted by atomic mass is 9.89. The summed E-state index contributed by atoms with van der Waals surface area (Å²) in [7, 11) is 0. The van der Waals surface area contributed by atoms with E-state index in [1.165, 1.54) is 0 Å². The SMILES string of the molecule is c1ccc(-c2ccc(-c3nc(-c4ccc(-c5ccccc5)cc4)nc(-c4ccc(-c5nc6ccccc6c6c(-c7ccccc7)c7c(cc56)oc5ccccc57)cc4)n3)cc2)cc1.c1ccc(-c2cccc(-c3nc(-c4ccccc4)nc(-c4ccc(-c5nc6ccccc6c6c(-c7ccccc7)c7c(cc56)oc5ccccc57)cc4)n3)c2)cc1. The van der Waals surface area contributed by atoms with E-state index in [1.807, 2.05) is 72.8 Å². The van der Waals surface area contributed by atoms with E-state index < -0.39 is 0 Å². The number of pyridine rings is 2. The van der Waals surface area contributed by atoms with Crippen molar-refractivity contribution in [2.45, 2.75) is 0 Å². The van der Waals surface area contributed by atoms with Crippen LogP contribution in [-0.4, -0.2) is 39.9 Å². The molecule has 23 rings (SSSR count). The summed E-state index contributed by atoms with van der Waals surface area (Å²) in [6, 6.07) is 142. The van der Waals surface area contributed by atoms with Crippen LogP contribution in [0, 0.1) is 0 Å². The predicted octanol–water partition coefficient (Wildman–Crippen LogP) is 28.6. The lowest BCUT2D eigenvalue weighted by Gasteiger charge is -2.16. The molecule has 0 bridgehead atoms. The fourth-order valence-electron chi connectivity index (χ4n) is 16.9. The molecule has 0 fully saturated rings. The minimum atomic E-state index is 0.590. The average molecular weight is 1530 g/mol. The Morgan fingerprint density at radius 2 is 0.392 bits per heavy atom. The molecule has 0 radical (unpaired) electrons. The highest BCUT2D eigenvalue weighted by Gasteiger charge is 2.26. The average Bonchev–Trinajstić information content (AvgIpc) is 1.48. The molecule has 560 valence electrons. The Morgan fingerprint density at radius 3 is 0.758 bits per heavy atom. The first-order valence-corrected chi connectivity index (χ1v) is 40.2. The van der Waals surface area contributed by atoms with Gasteiger partial charge in [0.05, 0.1) is 22.4 Å². The van der Waals surface area contributed by atoms with Crippen molar-refractivity contribution >= 4 is 87.2 Å². The fourth-order valence-corrected chi connectivity index (χ4v) is 16.9. The first-order chi connectivity index (χ1) is 59.5. The van der Waals surface area contributed by atoms with Crippen molar-refractivity contribution in [2.24, 2.45) is 0 Å². The van der Waals surface area contributed by atoms with Gasteiger partial charge in [0.1, 0.15) is 22.3 Å². The van der Waals surface area contributed by atoms with Gasteiger partial charge in [0.25, 0.3) is 0 Å². The molecule has 120 heavy (non-hydrogen) atoms. The van der Waals surface area contributed by atoms with Crippen molar-refractivity contribution in [3.05, 3.63) is 413 Å². The van der Waals surface area contributed by atoms with Gasteiger partial charge < -0.3 is 8.83 Å². The molecule has 0 aliphatic rings. The van der Waals surface area contributed by atoms with Crippen LogP contribution in [0.25, 0.3) is 234 Å². The zero-order valence-electron chi connectivity index (χ0n) is 64.7. The van der Waals surface area contributed by atoms with Gasteiger partial charge in [-0.05, 0) is 87.0 Å². The van der Waals surface area contributed by atoms with Crippen LogP contribution in [0.2, 0.25) is 0 Å². The molecule has 0 aliphatic carbocycles. The number of nitrogens with zero attached hydrogens (tertiary/aromatic N) is 8. The van der Waals surface area contributed by atoms with Crippen LogP contribution in [0.4, 0.5) is 0 Å². The maximum Gasteiger partial charge on any atom is 0.164 e. The van der Waals surface area contributed by atoms with E-state index in [1.54, 1.807) is 0 Å². The van der Waals surface area contributed by atoms with Crippen LogP contribution < -0.4 is 0 Å². The molecular weight excluding hydrogens is 1470 g/mol. The van der Waals surface area contributed by atoms with Crippen molar-refractivity contribution < 1.29 is 8.83 Å². The zero-order chi connectivity index (χ0) is 79.4. The molecule has 10 heteroatoms. The first kappa shape index (κ1) is 70.3. The van der Waals surface area contributed by atoms with E-state index in [2.05, 4.69) is 340 Å². The summed E-state index contributed by atoms with van der Waals surface area (Å²) in [5.74, 6) is 3.64. The normalized spacial score (nSPS) is 11.5. The second-order valence-corrected chi connectivity index (χ2v) is 29.9. The van der Waals surface area contributed by atoms with Crippen LogP contribution in [0.1, 0.15) is 0 Å². The molecule has 0 saturated carbocycles. The Labute approximate surface area is 690 Å². The minimum absolute atomic E-state index is 0.590. The molecule has 0 saturated heterocycles. The third kappa shape index (κ3) is 13.0. The minimum Gasteiger partial charge on any atom is -0.456 e. The van der Waals surface area contributed by atoms with Crippen LogP contribution in [0.3, 0.4) is 0 Å². The van der Waals surface area contributed by atoms with Gasteiger partial charge in [-0.3, -0.25) is 0 Å². The van der Waals surface area contributed by atoms with Crippen molar-refractivity contribution in [3.63, 3.8) is 0 Å². The topological polar surface area (TPSA) is 129 Å². The standard InChI is InChI=1S/C58H36N4O.C52H32N4O/c1-4-14-37(15-5-1)39-24-30-43(31-25-39)56-60-57(44-32-26-40(27-33-44)38-16-6-2-7-17-38)62-58(61-56)45-34-28-42(29-35-45)55-48-36-51-54(47-21-11-13-23-50(47)63-51)52(41-18-8-3-9-19-41)53(48)46-20-10-12-22-49(46)59-55;1-4-15-33(16-5-1)38-21-14-22-39(31-38)52-55-50(36-19-8-3-9-20-36)54-51(56-52)37-29-27-35(28-30-37)49-42-32-45-48(41-24-11-13-26-44(41)57-45)46(34-17-6-2-7-18-34)47(42)40-23-10-12-25-43(40)53-49/h1-36H;1-32H. The maximum atomic E-state index is 6.61. The molecule has 0 unspecified atom stereocenters. The summed E-state index contributed by atoms with van der Waals surface area (Å²) in [4.78, 5) is 41.1. The lowest BCUT2D eigenvalue weighted by molar-refractivity contribution is 0.669. The van der Waals surface area contributed by atoms with E-state index in [9.17, 15) is 0 Å². The van der Waals surface area contributed by atoms with Gasteiger partial charge in [-0.25, -0.2) is 39.9 Å². The summed E-state index contributed by atoms with van der Waals surface area (Å²) in [5.41, 5.74) is 25.8. The van der Waals surface area contributed by atoms with Gasteiger partial charge in [0, 0.05) is 109 Å². The summed E-state index contributed by atoms with van der Waals surface area (Å²) < 4.78 is 13.2. The van der Waals surface area contributed by atoms with Crippen molar-refractivity contribution in [1.82, 2.24) is 39.9 Å². The fraction of sp³-hybridized carbons (Fsp3) is 0. The number of benzene rings is 17. The van der Waals surface area contributed by atoms with Gasteiger partial charge in [0.15, 0.2) is 34.9 Å². The van der Waals surface area contributed by atoms with E-state index in [0.717, 1.165) is 199 Å². The summed E-state index contributed by atoms with van der Waals surface area (Å²) in [6.07, 6.45) is 0. The van der Waals surface area contributed by atoms with Gasteiger partial charge in [0.2, 0.25) is 0 Å². The predicted molar refractivity (Wildman–Crippen MR) is 490 cm³/mol. The summed E-state index contributed by atoms with van der Waals surface area (Å²) in [6.45, 7) is 0. The number of hydrogen-bond acceptors (Lipinski definition) is 10. The number of rotatable bonds is 13. The van der Waals surface area contributed by atoms with E-state index in [0.29, 0.717) is 34.9 Å². The highest BCUT2D eigenvalue weighted by atomic mass is 16.3. The van der Waals surface area contributed by atoms with Crippen LogP contribution in [-0.2, 0) is 0 Å². The number of aromatic nitrogens is 8. The molecular formula is C110H68N8O2. The molecule has 0 spiro atoms. The smallest absolute Gasteiger partial charge is 0.164 e. The van der Waals surface area contributed by atoms with Gasteiger partial charge in [-0.2, -0.15) is 0 Å². The van der Waals surface area contributed by atoms with Crippen LogP contribution in [0.15, 0.2) is 421 Å². The molecule has 10 nitrogen and oxygen atoms in total. The number of furan rings is 2. The van der Waals surface area contributed by atoms with Gasteiger partial charge >= 0.3 is 0 Å². The number of hydrogen-bond donors (Lipinski definition) is 0. The Bertz CT molecular complexity index is 7730. The number of fused-ring (bicyclic) bond motifs is 12. The van der Waals surface area contributed by atoms with Crippen molar-refractivity contribution in [2.75, 3.05) is 0 Å². The van der Waals surface area contributed by atoms with Crippen molar-refractivity contribution in [1.29, 1.82) is 0 Å². The molecule has 0 N–H and O–H groups in total. The third-order valence-electron chi connectivity index (χ3n) is 22.6. The Hall–Kier alpha value is -16.3. The zero-order valence-corrected chi connectivity index (χ0v) is 64.7. The Morgan fingerprint density at radius 1 is 0.142 bits per heavy atom. The second-order valence-electron chi connectivity index (χ2n) is 29.9. The summed E-state index contributed by atoms with van der Waals surface area (Å²) in [5, 5.41) is 10.9. The molecule has 6 aromatic heterocycles. The Kier molecular flexibility index (Phi) is 17.7. The van der Waals surface area contributed by atoms with Gasteiger partial charge in [-0.15, -0.1) is 0 Å². The molecule has 0 amide bonds. The van der Waals surface area contributed by atoms with E-state index >= 15 is 0 Å². The Balaban J connectivity index is 0.000000145. The number of para-hydroxylation sites is 4. The van der Waals surface area contributed by atoms with E-state index in [-0.39, 0.29) is 0 Å². The van der Waals surface area contributed by atoms with Crippen molar-refractivity contribution in [3.8, 4) is 146 Å².